The van der Waals surface area contributed by atoms with Crippen molar-refractivity contribution in [2.45, 2.75) is 36.5 Å². The highest BCUT2D eigenvalue weighted by molar-refractivity contribution is 7.86. The maximum Gasteiger partial charge on any atom is 0.296 e. The van der Waals surface area contributed by atoms with Crippen LogP contribution in [0.4, 0.5) is 34.1 Å². The van der Waals surface area contributed by atoms with Gasteiger partial charge < -0.3 is 21.7 Å². The molecular weight excluding hydrogens is 709 g/mol. The van der Waals surface area contributed by atoms with Crippen molar-refractivity contribution in [1.29, 1.82) is 0 Å². The second kappa shape index (κ2) is 13.6. The molecule has 0 amide bonds. The largest absolute Gasteiger partial charge is 0.505 e. The molecule has 0 aliphatic carbocycles. The van der Waals surface area contributed by atoms with Gasteiger partial charge in [0.25, 0.3) is 20.2 Å². The predicted octanol–water partition coefficient (Wildman–Crippen LogP) is 8.68. The molecule has 0 aromatic heterocycles. The first-order valence-corrected chi connectivity index (χ1v) is 18.6. The van der Waals surface area contributed by atoms with Gasteiger partial charge in [-0.2, -0.15) is 27.1 Å². The molecule has 0 atom stereocenters. The Bertz CT molecular complexity index is 2720. The van der Waals surface area contributed by atoms with Crippen LogP contribution in [0.2, 0.25) is 0 Å². The minimum Gasteiger partial charge on any atom is -0.505 e. The fraction of sp³-hybridized carbons (Fsp3) is 0.111. The van der Waals surface area contributed by atoms with Crippen LogP contribution in [0.5, 0.6) is 11.5 Å². The van der Waals surface area contributed by atoms with E-state index in [0.717, 1.165) is 22.3 Å². The molecule has 0 fully saturated rings. The van der Waals surface area contributed by atoms with Crippen LogP contribution >= 0.6 is 0 Å². The summed E-state index contributed by atoms with van der Waals surface area (Å²) in [5.74, 6) is -0.988. The van der Waals surface area contributed by atoms with Gasteiger partial charge in [0.15, 0.2) is 11.5 Å². The predicted molar refractivity (Wildman–Crippen MR) is 199 cm³/mol. The summed E-state index contributed by atoms with van der Waals surface area (Å²) in [6.07, 6.45) is 1.03. The molecule has 0 unspecified atom stereocenters. The van der Waals surface area contributed by atoms with Crippen LogP contribution in [0, 0.1) is 0 Å². The van der Waals surface area contributed by atoms with Crippen molar-refractivity contribution in [3.05, 3.63) is 96.1 Å². The van der Waals surface area contributed by atoms with Crippen LogP contribution in [0.15, 0.2) is 115 Å². The van der Waals surface area contributed by atoms with Crippen LogP contribution in [-0.4, -0.2) is 36.2 Å². The van der Waals surface area contributed by atoms with Crippen molar-refractivity contribution < 1.29 is 36.2 Å². The topological polar surface area (TPSA) is 251 Å². The number of anilines is 2. The van der Waals surface area contributed by atoms with Gasteiger partial charge in [0.05, 0.1) is 11.4 Å². The highest BCUT2D eigenvalue weighted by atomic mass is 32.2. The molecule has 0 saturated carbocycles. The molecule has 52 heavy (non-hydrogen) atoms. The molecule has 6 aromatic rings. The Labute approximate surface area is 298 Å². The Morgan fingerprint density at radius 1 is 0.538 bits per heavy atom. The third kappa shape index (κ3) is 7.00. The van der Waals surface area contributed by atoms with Crippen LogP contribution in [0.3, 0.4) is 0 Å². The van der Waals surface area contributed by atoms with Crippen molar-refractivity contribution in [3.63, 3.8) is 0 Å². The van der Waals surface area contributed by atoms with Crippen LogP contribution in [0.25, 0.3) is 32.7 Å². The van der Waals surface area contributed by atoms with Crippen molar-refractivity contribution >= 4 is 75.9 Å². The molecule has 6 aromatic carbocycles. The van der Waals surface area contributed by atoms with Crippen molar-refractivity contribution in [2.24, 2.45) is 20.5 Å². The van der Waals surface area contributed by atoms with E-state index in [2.05, 4.69) is 20.5 Å². The van der Waals surface area contributed by atoms with Gasteiger partial charge in [0.1, 0.15) is 21.2 Å². The van der Waals surface area contributed by atoms with E-state index in [4.69, 9.17) is 11.5 Å². The van der Waals surface area contributed by atoms with Crippen molar-refractivity contribution in [1.82, 2.24) is 0 Å². The number of aryl methyl sites for hydroxylation is 2. The molecule has 0 aliphatic rings. The lowest BCUT2D eigenvalue weighted by molar-refractivity contribution is 0.471. The average Bonchev–Trinajstić information content (AvgIpc) is 3.09. The minimum atomic E-state index is -4.80. The molecule has 6 rings (SSSR count). The molecule has 8 N–H and O–H groups in total. The van der Waals surface area contributed by atoms with Crippen molar-refractivity contribution in [2.75, 3.05) is 11.5 Å². The normalized spacial score (nSPS) is 12.5. The molecule has 0 bridgehead atoms. The zero-order chi connectivity index (χ0) is 37.5. The molecule has 0 saturated heterocycles. The molecule has 16 heteroatoms. The van der Waals surface area contributed by atoms with Gasteiger partial charge in [0.2, 0.25) is 0 Å². The number of phenols is 2. The van der Waals surface area contributed by atoms with Gasteiger partial charge in [-0.05, 0) is 113 Å². The third-order valence-electron chi connectivity index (χ3n) is 8.48. The second-order valence-electron chi connectivity index (χ2n) is 11.8. The van der Waals surface area contributed by atoms with E-state index in [1.54, 1.807) is 24.3 Å². The summed E-state index contributed by atoms with van der Waals surface area (Å²) in [6.45, 7) is 3.80. The molecule has 0 aliphatic heterocycles. The van der Waals surface area contributed by atoms with E-state index in [0.29, 0.717) is 46.4 Å². The highest BCUT2D eigenvalue weighted by Crippen LogP contribution is 2.44. The number of nitrogens with two attached hydrogens (primary N) is 2. The number of aromatic hydroxyl groups is 2. The van der Waals surface area contributed by atoms with Crippen LogP contribution in [-0.2, 0) is 33.1 Å². The molecular formula is C36H32N6O8S2. The molecule has 0 radical (unpaired) electrons. The second-order valence-corrected chi connectivity index (χ2v) is 14.6. The first kappa shape index (κ1) is 35.9. The summed E-state index contributed by atoms with van der Waals surface area (Å²) in [5.41, 5.74) is 15.4. The first-order chi connectivity index (χ1) is 24.6. The lowest BCUT2D eigenvalue weighted by Crippen LogP contribution is -1.99. The monoisotopic (exact) mass is 740 g/mol. The summed E-state index contributed by atoms with van der Waals surface area (Å²) in [7, 11) is -9.58. The van der Waals surface area contributed by atoms with Crippen LogP contribution < -0.4 is 11.5 Å². The fourth-order valence-corrected chi connectivity index (χ4v) is 7.13. The van der Waals surface area contributed by atoms with Gasteiger partial charge in [-0.15, -0.1) is 10.2 Å². The maximum atomic E-state index is 12.2. The van der Waals surface area contributed by atoms with E-state index < -0.39 is 52.9 Å². The zero-order valence-corrected chi connectivity index (χ0v) is 29.3. The first-order valence-electron chi connectivity index (χ1n) is 15.7. The zero-order valence-electron chi connectivity index (χ0n) is 27.7. The highest BCUT2D eigenvalue weighted by Gasteiger charge is 2.24. The number of fused-ring (bicyclic) bond motifs is 2. The summed E-state index contributed by atoms with van der Waals surface area (Å²) in [5, 5.41) is 39.6. The smallest absolute Gasteiger partial charge is 0.296 e. The van der Waals surface area contributed by atoms with Crippen molar-refractivity contribution in [3.8, 4) is 22.6 Å². The Balaban J connectivity index is 1.35. The number of hydrogen-bond donors (Lipinski definition) is 6. The summed E-state index contributed by atoms with van der Waals surface area (Å²) >= 11 is 0. The summed E-state index contributed by atoms with van der Waals surface area (Å²) < 4.78 is 68.7. The van der Waals surface area contributed by atoms with Gasteiger partial charge in [-0.1, -0.05) is 32.0 Å². The van der Waals surface area contributed by atoms with E-state index >= 15 is 0 Å². The molecule has 14 nitrogen and oxygen atoms in total. The number of benzene rings is 6. The number of azo groups is 2. The Morgan fingerprint density at radius 2 is 1.00 bits per heavy atom. The quantitative estimate of drug-likeness (QED) is 0.0467. The van der Waals surface area contributed by atoms with Gasteiger partial charge in [0, 0.05) is 22.1 Å². The molecule has 266 valence electrons. The van der Waals surface area contributed by atoms with Gasteiger partial charge >= 0.3 is 0 Å². The van der Waals surface area contributed by atoms with Gasteiger partial charge in [-0.3, -0.25) is 9.11 Å². The SMILES string of the molecule is CCc1cc(-c2ccc(N=Nc3c(S(=O)(=O)O)cc4ccc(N)cc4c3O)c(CC)c2)ccc1N=Nc1c(S(=O)(=O)O)cc2cc(N)ccc2c1O. The summed E-state index contributed by atoms with van der Waals surface area (Å²) in [4.78, 5) is -1.24. The van der Waals surface area contributed by atoms with Gasteiger partial charge in [-0.25, -0.2) is 0 Å². The Morgan fingerprint density at radius 3 is 1.50 bits per heavy atom. The number of rotatable bonds is 9. The van der Waals surface area contributed by atoms with E-state index in [1.807, 2.05) is 26.0 Å². The average molecular weight is 741 g/mol. The molecule has 0 spiro atoms. The Hall–Kier alpha value is -5.94. The summed E-state index contributed by atoms with van der Waals surface area (Å²) in [6, 6.07) is 22.1. The van der Waals surface area contributed by atoms with Crippen LogP contribution in [0.1, 0.15) is 25.0 Å². The Kier molecular flexibility index (Phi) is 9.41. The fourth-order valence-electron chi connectivity index (χ4n) is 5.81. The molecule has 0 heterocycles. The lowest BCUT2D eigenvalue weighted by Gasteiger charge is -2.11. The number of nitrogen functional groups attached to an aromatic ring is 2. The lowest BCUT2D eigenvalue weighted by atomic mass is 9.98. The van der Waals surface area contributed by atoms with E-state index in [-0.39, 0.29) is 10.8 Å². The maximum absolute atomic E-state index is 12.2. The van der Waals surface area contributed by atoms with E-state index in [9.17, 15) is 36.2 Å². The standard InChI is InChI=1S/C36H32N6O8S2/c1-3-19-13-21(6-11-29(19)39-41-33-32(52(48,49)50)17-24-15-25(37)9-10-27(24)35(33)43)22-7-12-30(20(4-2)14-22)40-42-34-31(51(45,46)47)16-23-5-8-26(38)18-28(23)36(34)44/h5-18,43-44H,3-4,37-38H2,1-2H3,(H,45,46,47)(H,48,49,50). The number of phenolic OH excluding ortho intramolecular Hbond substituents is 2. The number of nitrogens with zero attached hydrogens (tertiary/aromatic N) is 4. The number of hydrogen-bond acceptors (Lipinski definition) is 12. The third-order valence-corrected chi connectivity index (χ3v) is 10.2. The van der Waals surface area contributed by atoms with E-state index in [1.165, 1.54) is 48.5 Å². The minimum absolute atomic E-state index is 0.237.